The molecule has 0 unspecified atom stereocenters. The van der Waals surface area contributed by atoms with Gasteiger partial charge in [0.2, 0.25) is 5.91 Å². The Balaban J connectivity index is 2.80. The summed E-state index contributed by atoms with van der Waals surface area (Å²) in [4.78, 5) is 36.9. The number of hydrogen-bond acceptors (Lipinski definition) is 5. The van der Waals surface area contributed by atoms with E-state index in [9.17, 15) is 19.5 Å². The van der Waals surface area contributed by atoms with Crippen LogP contribution in [0.5, 0.6) is 0 Å². The minimum Gasteiger partial charge on any atom is -0.447 e. The van der Waals surface area contributed by atoms with Crippen molar-refractivity contribution in [3.8, 4) is 0 Å². The average molecular weight is 299 g/mol. The molecule has 2 amide bonds. The zero-order chi connectivity index (χ0) is 16.4. The van der Waals surface area contributed by atoms with Gasteiger partial charge in [-0.3, -0.25) is 9.59 Å². The number of amides is 2. The van der Waals surface area contributed by atoms with Crippen molar-refractivity contribution in [1.82, 2.24) is 4.90 Å². The first-order valence-electron chi connectivity index (χ1n) is 7.33. The van der Waals surface area contributed by atoms with E-state index >= 15 is 0 Å². The first-order chi connectivity index (χ1) is 9.62. The van der Waals surface area contributed by atoms with Gasteiger partial charge in [0.25, 0.3) is 0 Å². The van der Waals surface area contributed by atoms with Crippen LogP contribution in [0, 0.1) is 11.3 Å². The monoisotopic (exact) mass is 299 g/mol. The number of imide groups is 1. The number of ether oxygens (including phenoxy) is 1. The van der Waals surface area contributed by atoms with Gasteiger partial charge in [0.15, 0.2) is 0 Å². The van der Waals surface area contributed by atoms with Gasteiger partial charge in [0.05, 0.1) is 18.6 Å². The molecular formula is C15H25NO5. The fraction of sp³-hybridized carbons (Fsp3) is 0.800. The van der Waals surface area contributed by atoms with E-state index in [2.05, 4.69) is 0 Å². The fourth-order valence-corrected chi connectivity index (χ4v) is 2.37. The molecule has 1 N–H and O–H groups in total. The Hall–Kier alpha value is -1.43. The van der Waals surface area contributed by atoms with Gasteiger partial charge in [-0.1, -0.05) is 34.6 Å². The Morgan fingerprint density at radius 1 is 1.43 bits per heavy atom. The van der Waals surface area contributed by atoms with E-state index in [1.807, 2.05) is 13.8 Å². The summed E-state index contributed by atoms with van der Waals surface area (Å²) in [5, 5.41) is 10.2. The van der Waals surface area contributed by atoms with Crippen molar-refractivity contribution in [2.24, 2.45) is 11.3 Å². The van der Waals surface area contributed by atoms with Crippen LogP contribution in [0.25, 0.3) is 0 Å². The Kier molecular flexibility index (Phi) is 5.50. The van der Waals surface area contributed by atoms with Gasteiger partial charge in [-0.25, -0.2) is 9.69 Å². The Bertz CT molecular complexity index is 430. The third-order valence-electron chi connectivity index (χ3n) is 4.18. The SMILES string of the molecule is CCC(=O)C(C)(C)[C@H](O)CC(=O)N1C(=O)OC[C@@H]1C(C)C. The van der Waals surface area contributed by atoms with E-state index in [0.717, 1.165) is 4.90 Å². The number of nitrogens with zero attached hydrogens (tertiary/aromatic N) is 1. The van der Waals surface area contributed by atoms with Crippen molar-refractivity contribution in [1.29, 1.82) is 0 Å². The normalized spacial score (nSPS) is 20.6. The lowest BCUT2D eigenvalue weighted by Gasteiger charge is -2.30. The van der Waals surface area contributed by atoms with Crippen LogP contribution in [0.3, 0.4) is 0 Å². The number of aliphatic hydroxyl groups excluding tert-OH is 1. The lowest BCUT2D eigenvalue weighted by atomic mass is 9.79. The van der Waals surface area contributed by atoms with Crippen LogP contribution < -0.4 is 0 Å². The first kappa shape index (κ1) is 17.6. The van der Waals surface area contributed by atoms with Gasteiger partial charge in [-0.05, 0) is 5.92 Å². The Morgan fingerprint density at radius 3 is 2.48 bits per heavy atom. The fourth-order valence-electron chi connectivity index (χ4n) is 2.37. The molecule has 1 aliphatic rings. The van der Waals surface area contributed by atoms with Crippen LogP contribution in [0.15, 0.2) is 0 Å². The number of hydrogen-bond donors (Lipinski definition) is 1. The highest BCUT2D eigenvalue weighted by Crippen LogP contribution is 2.28. The molecule has 0 radical (unpaired) electrons. The van der Waals surface area contributed by atoms with Crippen LogP contribution in [0.4, 0.5) is 4.79 Å². The zero-order valence-electron chi connectivity index (χ0n) is 13.4. The predicted octanol–water partition coefficient (Wildman–Crippen LogP) is 1.75. The largest absolute Gasteiger partial charge is 0.447 e. The molecule has 0 saturated carbocycles. The summed E-state index contributed by atoms with van der Waals surface area (Å²) in [5.41, 5.74) is -1.01. The molecule has 1 rings (SSSR count). The highest BCUT2D eigenvalue weighted by atomic mass is 16.6. The maximum absolute atomic E-state index is 12.3. The molecule has 1 fully saturated rings. The highest BCUT2D eigenvalue weighted by Gasteiger charge is 2.42. The maximum Gasteiger partial charge on any atom is 0.416 e. The van der Waals surface area contributed by atoms with Gasteiger partial charge in [0.1, 0.15) is 12.4 Å². The van der Waals surface area contributed by atoms with E-state index < -0.39 is 23.5 Å². The topological polar surface area (TPSA) is 83.9 Å². The summed E-state index contributed by atoms with van der Waals surface area (Å²) in [6, 6.07) is -0.317. The minimum atomic E-state index is -1.13. The molecule has 6 nitrogen and oxygen atoms in total. The summed E-state index contributed by atoms with van der Waals surface area (Å²) in [5.74, 6) is -0.546. The second-order valence-corrected chi connectivity index (χ2v) is 6.37. The van der Waals surface area contributed by atoms with Gasteiger partial charge >= 0.3 is 6.09 Å². The first-order valence-corrected chi connectivity index (χ1v) is 7.33. The van der Waals surface area contributed by atoms with Crippen LogP contribution in [-0.2, 0) is 14.3 Å². The van der Waals surface area contributed by atoms with Crippen molar-refractivity contribution < 1.29 is 24.2 Å². The second-order valence-electron chi connectivity index (χ2n) is 6.37. The van der Waals surface area contributed by atoms with Gasteiger partial charge in [-0.15, -0.1) is 0 Å². The van der Waals surface area contributed by atoms with E-state index in [-0.39, 0.29) is 30.8 Å². The maximum atomic E-state index is 12.3. The molecule has 1 saturated heterocycles. The van der Waals surface area contributed by atoms with E-state index in [1.165, 1.54) is 0 Å². The van der Waals surface area contributed by atoms with Crippen LogP contribution in [0.1, 0.15) is 47.5 Å². The molecule has 1 aliphatic heterocycles. The third-order valence-corrected chi connectivity index (χ3v) is 4.18. The van der Waals surface area contributed by atoms with E-state index in [4.69, 9.17) is 4.74 Å². The lowest BCUT2D eigenvalue weighted by molar-refractivity contribution is -0.138. The Morgan fingerprint density at radius 2 is 2.00 bits per heavy atom. The molecule has 0 spiro atoms. The molecule has 0 aliphatic carbocycles. The van der Waals surface area contributed by atoms with Crippen molar-refractivity contribution in [2.45, 2.75) is 59.6 Å². The molecule has 6 heteroatoms. The molecule has 1 heterocycles. The van der Waals surface area contributed by atoms with Gasteiger partial charge in [0, 0.05) is 11.8 Å². The smallest absolute Gasteiger partial charge is 0.416 e. The number of rotatable bonds is 6. The quantitative estimate of drug-likeness (QED) is 0.807. The molecule has 0 aromatic carbocycles. The minimum absolute atomic E-state index is 0.0721. The molecule has 0 bridgehead atoms. The number of aliphatic hydroxyl groups is 1. The molecular weight excluding hydrogens is 274 g/mol. The van der Waals surface area contributed by atoms with Crippen molar-refractivity contribution in [3.63, 3.8) is 0 Å². The summed E-state index contributed by atoms with van der Waals surface area (Å²) in [6.07, 6.45) is -1.78. The second kappa shape index (κ2) is 6.56. The molecule has 120 valence electrons. The lowest BCUT2D eigenvalue weighted by Crippen LogP contribution is -2.46. The van der Waals surface area contributed by atoms with Crippen LogP contribution in [-0.4, -0.2) is 46.5 Å². The standard InChI is InChI=1S/C15H25NO5/c1-6-11(17)15(4,5)12(18)7-13(19)16-10(9(2)3)8-21-14(16)20/h9-10,12,18H,6-8H2,1-5H3/t10-,12-/m1/s1. The van der Waals surface area contributed by atoms with Crippen molar-refractivity contribution in [3.05, 3.63) is 0 Å². The number of Topliss-reactive ketones (excluding diaryl/α,β-unsaturated/α-hetero) is 1. The molecule has 21 heavy (non-hydrogen) atoms. The number of cyclic esters (lactones) is 1. The molecule has 0 aromatic heterocycles. The predicted molar refractivity (Wildman–Crippen MR) is 76.5 cm³/mol. The summed E-state index contributed by atoms with van der Waals surface area (Å²) >= 11 is 0. The van der Waals surface area contributed by atoms with E-state index in [1.54, 1.807) is 20.8 Å². The van der Waals surface area contributed by atoms with Crippen molar-refractivity contribution in [2.75, 3.05) is 6.61 Å². The van der Waals surface area contributed by atoms with Crippen LogP contribution in [0.2, 0.25) is 0 Å². The summed E-state index contributed by atoms with van der Waals surface area (Å²) in [6.45, 7) is 8.90. The number of carbonyl (C=O) groups excluding carboxylic acids is 3. The third kappa shape index (κ3) is 3.61. The number of carbonyl (C=O) groups is 3. The van der Waals surface area contributed by atoms with E-state index in [0.29, 0.717) is 6.42 Å². The summed E-state index contributed by atoms with van der Waals surface area (Å²) in [7, 11) is 0. The van der Waals surface area contributed by atoms with Gasteiger partial charge < -0.3 is 9.84 Å². The Labute approximate surface area is 125 Å². The molecule has 0 aromatic rings. The number of ketones is 1. The molecule has 2 atom stereocenters. The van der Waals surface area contributed by atoms with Gasteiger partial charge in [-0.2, -0.15) is 0 Å². The van der Waals surface area contributed by atoms with Crippen LogP contribution >= 0.6 is 0 Å². The average Bonchev–Trinajstić information content (AvgIpc) is 2.79. The van der Waals surface area contributed by atoms with Crippen molar-refractivity contribution >= 4 is 17.8 Å². The highest BCUT2D eigenvalue weighted by molar-refractivity contribution is 5.94. The summed E-state index contributed by atoms with van der Waals surface area (Å²) < 4.78 is 4.91. The zero-order valence-corrected chi connectivity index (χ0v) is 13.4.